The van der Waals surface area contributed by atoms with Gasteiger partial charge >= 0.3 is 5.97 Å². The van der Waals surface area contributed by atoms with Gasteiger partial charge in [-0.15, -0.1) is 0 Å². The molecular formula is C29H56O2. The third-order valence-electron chi connectivity index (χ3n) is 6.08. The highest BCUT2D eigenvalue weighted by Crippen LogP contribution is 2.14. The van der Waals surface area contributed by atoms with Crippen molar-refractivity contribution in [2.24, 2.45) is 5.92 Å². The van der Waals surface area contributed by atoms with E-state index in [4.69, 9.17) is 4.74 Å². The SMILES string of the molecule is CCCC/C=C\CCCCCCCC(=O)OCCCCCCCCCCCCC(C)C. The third-order valence-corrected chi connectivity index (χ3v) is 6.08. The Morgan fingerprint density at radius 2 is 1.13 bits per heavy atom. The van der Waals surface area contributed by atoms with Crippen molar-refractivity contribution in [1.29, 1.82) is 0 Å². The molecule has 0 amide bonds. The Morgan fingerprint density at radius 1 is 0.645 bits per heavy atom. The molecule has 2 heteroatoms. The van der Waals surface area contributed by atoms with Crippen molar-refractivity contribution in [2.45, 2.75) is 156 Å². The highest BCUT2D eigenvalue weighted by molar-refractivity contribution is 5.69. The van der Waals surface area contributed by atoms with Gasteiger partial charge in [-0.25, -0.2) is 0 Å². The molecule has 0 aromatic carbocycles. The molecule has 184 valence electrons. The van der Waals surface area contributed by atoms with Gasteiger partial charge in [0.15, 0.2) is 0 Å². The summed E-state index contributed by atoms with van der Waals surface area (Å²) < 4.78 is 5.39. The van der Waals surface area contributed by atoms with Gasteiger partial charge in [-0.05, 0) is 38.0 Å². The lowest BCUT2D eigenvalue weighted by atomic mass is 10.0. The topological polar surface area (TPSA) is 26.3 Å². The van der Waals surface area contributed by atoms with E-state index in [1.165, 1.54) is 109 Å². The first-order valence-electron chi connectivity index (χ1n) is 14.0. The number of allylic oxidation sites excluding steroid dienone is 2. The van der Waals surface area contributed by atoms with E-state index in [-0.39, 0.29) is 5.97 Å². The largest absolute Gasteiger partial charge is 0.466 e. The number of unbranched alkanes of at least 4 members (excludes halogenated alkanes) is 16. The zero-order valence-electron chi connectivity index (χ0n) is 21.6. The first kappa shape index (κ1) is 30.2. The summed E-state index contributed by atoms with van der Waals surface area (Å²) in [6, 6.07) is 0. The number of esters is 1. The molecule has 0 atom stereocenters. The Hall–Kier alpha value is -0.790. The summed E-state index contributed by atoms with van der Waals surface area (Å²) >= 11 is 0. The molecule has 0 aromatic rings. The molecule has 0 radical (unpaired) electrons. The van der Waals surface area contributed by atoms with E-state index in [1.807, 2.05) is 0 Å². The minimum atomic E-state index is 0.0105. The van der Waals surface area contributed by atoms with E-state index in [9.17, 15) is 4.79 Å². The van der Waals surface area contributed by atoms with Crippen molar-refractivity contribution in [1.82, 2.24) is 0 Å². The highest BCUT2D eigenvalue weighted by atomic mass is 16.5. The Balaban J connectivity index is 3.19. The lowest BCUT2D eigenvalue weighted by Crippen LogP contribution is -2.05. The fourth-order valence-electron chi connectivity index (χ4n) is 3.95. The van der Waals surface area contributed by atoms with Gasteiger partial charge in [0.2, 0.25) is 0 Å². The van der Waals surface area contributed by atoms with Crippen LogP contribution in [0.15, 0.2) is 12.2 Å². The number of hydrogen-bond donors (Lipinski definition) is 0. The second kappa shape index (κ2) is 25.5. The Morgan fingerprint density at radius 3 is 1.71 bits per heavy atom. The molecule has 0 bridgehead atoms. The van der Waals surface area contributed by atoms with Crippen molar-refractivity contribution in [3.63, 3.8) is 0 Å². The summed E-state index contributed by atoms with van der Waals surface area (Å²) in [4.78, 5) is 11.8. The lowest BCUT2D eigenvalue weighted by Gasteiger charge is -2.06. The maximum Gasteiger partial charge on any atom is 0.305 e. The molecule has 0 aliphatic rings. The van der Waals surface area contributed by atoms with Gasteiger partial charge in [-0.1, -0.05) is 129 Å². The second-order valence-corrected chi connectivity index (χ2v) is 9.86. The van der Waals surface area contributed by atoms with Crippen LogP contribution >= 0.6 is 0 Å². The Kier molecular flexibility index (Phi) is 24.8. The Labute approximate surface area is 196 Å². The van der Waals surface area contributed by atoms with Gasteiger partial charge in [0, 0.05) is 6.42 Å². The van der Waals surface area contributed by atoms with Crippen LogP contribution in [0.1, 0.15) is 156 Å². The molecule has 0 saturated carbocycles. The standard InChI is InChI=1S/C29H56O2/c1-4-5-6-7-8-9-10-14-17-20-23-26-29(30)31-27-24-21-18-15-12-11-13-16-19-22-25-28(2)3/h7-8,28H,4-6,9-27H2,1-3H3/b8-7-. The molecule has 0 fully saturated rings. The minimum absolute atomic E-state index is 0.0105. The summed E-state index contributed by atoms with van der Waals surface area (Å²) in [5, 5.41) is 0. The average molecular weight is 437 g/mol. The van der Waals surface area contributed by atoms with Crippen LogP contribution in [0.4, 0.5) is 0 Å². The van der Waals surface area contributed by atoms with Crippen LogP contribution in [0.25, 0.3) is 0 Å². The average Bonchev–Trinajstić information content (AvgIpc) is 2.75. The third kappa shape index (κ3) is 27.2. The zero-order chi connectivity index (χ0) is 22.8. The maximum absolute atomic E-state index is 11.8. The summed E-state index contributed by atoms with van der Waals surface area (Å²) in [6.45, 7) is 7.50. The predicted octanol–water partition coefficient (Wildman–Crippen LogP) is 9.95. The number of ether oxygens (including phenoxy) is 1. The molecule has 0 aliphatic carbocycles. The highest BCUT2D eigenvalue weighted by Gasteiger charge is 2.02. The van der Waals surface area contributed by atoms with Crippen molar-refractivity contribution in [2.75, 3.05) is 6.61 Å². The molecule has 0 N–H and O–H groups in total. The van der Waals surface area contributed by atoms with Gasteiger partial charge in [-0.2, -0.15) is 0 Å². The molecule has 0 aliphatic heterocycles. The van der Waals surface area contributed by atoms with E-state index in [0.717, 1.165) is 25.2 Å². The van der Waals surface area contributed by atoms with Gasteiger partial charge in [0.25, 0.3) is 0 Å². The van der Waals surface area contributed by atoms with Crippen molar-refractivity contribution < 1.29 is 9.53 Å². The molecule has 0 spiro atoms. The van der Waals surface area contributed by atoms with E-state index in [2.05, 4.69) is 32.9 Å². The van der Waals surface area contributed by atoms with Crippen molar-refractivity contribution in [3.05, 3.63) is 12.2 Å². The normalized spacial score (nSPS) is 11.6. The summed E-state index contributed by atoms with van der Waals surface area (Å²) in [5.41, 5.74) is 0. The van der Waals surface area contributed by atoms with Crippen molar-refractivity contribution >= 4 is 5.97 Å². The fraction of sp³-hybridized carbons (Fsp3) is 0.897. The van der Waals surface area contributed by atoms with Crippen LogP contribution in [-0.2, 0) is 9.53 Å². The second-order valence-electron chi connectivity index (χ2n) is 9.86. The minimum Gasteiger partial charge on any atom is -0.466 e. The molecule has 0 heterocycles. The van der Waals surface area contributed by atoms with Crippen LogP contribution < -0.4 is 0 Å². The monoisotopic (exact) mass is 436 g/mol. The van der Waals surface area contributed by atoms with Gasteiger partial charge in [0.1, 0.15) is 0 Å². The quantitative estimate of drug-likeness (QED) is 0.0854. The molecular weight excluding hydrogens is 380 g/mol. The molecule has 2 nitrogen and oxygen atoms in total. The first-order chi connectivity index (χ1) is 15.2. The smallest absolute Gasteiger partial charge is 0.305 e. The molecule has 0 rings (SSSR count). The van der Waals surface area contributed by atoms with E-state index >= 15 is 0 Å². The van der Waals surface area contributed by atoms with Crippen molar-refractivity contribution in [3.8, 4) is 0 Å². The van der Waals surface area contributed by atoms with Crippen LogP contribution in [0.2, 0.25) is 0 Å². The fourth-order valence-corrected chi connectivity index (χ4v) is 3.95. The van der Waals surface area contributed by atoms with Crippen LogP contribution in [-0.4, -0.2) is 12.6 Å². The number of carbonyl (C=O) groups is 1. The molecule has 31 heavy (non-hydrogen) atoms. The van der Waals surface area contributed by atoms with Crippen LogP contribution in [0.3, 0.4) is 0 Å². The summed E-state index contributed by atoms with van der Waals surface area (Å²) in [5.74, 6) is 0.873. The summed E-state index contributed by atoms with van der Waals surface area (Å²) in [7, 11) is 0. The van der Waals surface area contributed by atoms with E-state index in [0.29, 0.717) is 13.0 Å². The zero-order valence-corrected chi connectivity index (χ0v) is 21.6. The number of carbonyl (C=O) groups excluding carboxylic acids is 1. The van der Waals surface area contributed by atoms with Gasteiger partial charge in [0.05, 0.1) is 6.61 Å². The molecule has 0 unspecified atom stereocenters. The van der Waals surface area contributed by atoms with Crippen LogP contribution in [0, 0.1) is 5.92 Å². The summed E-state index contributed by atoms with van der Waals surface area (Å²) in [6.07, 6.45) is 31.0. The maximum atomic E-state index is 11.8. The van der Waals surface area contributed by atoms with E-state index in [1.54, 1.807) is 0 Å². The first-order valence-corrected chi connectivity index (χ1v) is 14.0. The number of rotatable bonds is 24. The van der Waals surface area contributed by atoms with Crippen LogP contribution in [0.5, 0.6) is 0 Å². The molecule has 0 aromatic heterocycles. The van der Waals surface area contributed by atoms with Gasteiger partial charge in [-0.3, -0.25) is 4.79 Å². The van der Waals surface area contributed by atoms with Gasteiger partial charge < -0.3 is 4.74 Å². The molecule has 0 saturated heterocycles. The predicted molar refractivity (Wildman–Crippen MR) is 138 cm³/mol. The lowest BCUT2D eigenvalue weighted by molar-refractivity contribution is -0.143. The number of hydrogen-bond acceptors (Lipinski definition) is 2. The Bertz CT molecular complexity index is 386. The van der Waals surface area contributed by atoms with E-state index < -0.39 is 0 Å².